The molecule has 8 rings (SSSR count). The van der Waals surface area contributed by atoms with Gasteiger partial charge in [0.15, 0.2) is 33.0 Å². The predicted molar refractivity (Wildman–Crippen MR) is 176 cm³/mol. The lowest BCUT2D eigenvalue weighted by atomic mass is 9.56. The third-order valence-corrected chi connectivity index (χ3v) is 12.2. The van der Waals surface area contributed by atoms with E-state index in [1.165, 1.54) is 54.8 Å². The van der Waals surface area contributed by atoms with Gasteiger partial charge in [-0.3, -0.25) is 24.1 Å². The van der Waals surface area contributed by atoms with Crippen molar-refractivity contribution in [3.63, 3.8) is 0 Å². The molecule has 5 aliphatic rings. The summed E-state index contributed by atoms with van der Waals surface area (Å²) < 4.78 is 79.5. The maximum atomic E-state index is 15.3. The fraction of sp³-hybridized carbons (Fsp3) is 0.257. The number of halogens is 7. The van der Waals surface area contributed by atoms with Gasteiger partial charge in [0.25, 0.3) is 11.8 Å². The standard InChI is InChI=1S/C35H22BCl2F5N2O8/c37-34-11-20-18(5-6-19-22(20)31(48)44(30(19)47)16-3-1-2-15(10-16)36(51)52)23(14-8-13-9-17(46)4-7-21(13)53-12-14)35(34,38)33(50)45(32(34)49)29-27(42)25(40)24(39)26(41)28(29)43/h1-5,7,9-10,12,19-20,22-23,46,51-52H,6,8,11H2. The van der Waals surface area contributed by atoms with Crippen LogP contribution in [0.5, 0.6) is 11.5 Å². The quantitative estimate of drug-likeness (QED) is 0.0690. The molecule has 6 unspecified atom stereocenters. The van der Waals surface area contributed by atoms with Gasteiger partial charge >= 0.3 is 7.12 Å². The topological polar surface area (TPSA) is 145 Å². The number of ether oxygens (including phenoxy) is 1. The van der Waals surface area contributed by atoms with Crippen LogP contribution in [0.4, 0.5) is 33.3 Å². The lowest BCUT2D eigenvalue weighted by Gasteiger charge is -2.51. The van der Waals surface area contributed by atoms with Crippen molar-refractivity contribution in [2.75, 3.05) is 9.80 Å². The van der Waals surface area contributed by atoms with E-state index in [0.717, 1.165) is 4.90 Å². The number of imide groups is 2. The minimum absolute atomic E-state index is 0.00518. The SMILES string of the molecule is O=C1C2CC=C3C(CC4(Cl)C(=O)N(c5c(F)c(F)c(F)c(F)c5F)C(=O)C4(Cl)C3C3=COc4ccc(O)cc4C3)C2C(=O)N1c1cccc(B(O)O)c1. The van der Waals surface area contributed by atoms with Gasteiger partial charge in [0.05, 0.1) is 23.8 Å². The second-order valence-electron chi connectivity index (χ2n) is 13.5. The molecule has 0 spiro atoms. The van der Waals surface area contributed by atoms with Crippen LogP contribution in [0.2, 0.25) is 0 Å². The van der Waals surface area contributed by atoms with E-state index in [4.69, 9.17) is 27.9 Å². The summed E-state index contributed by atoms with van der Waals surface area (Å²) >= 11 is 14.3. The Morgan fingerprint density at radius 2 is 1.51 bits per heavy atom. The van der Waals surface area contributed by atoms with Gasteiger partial charge < -0.3 is 19.9 Å². The van der Waals surface area contributed by atoms with Crippen molar-refractivity contribution in [3.05, 3.63) is 101 Å². The Morgan fingerprint density at radius 3 is 2.19 bits per heavy atom. The number of anilines is 2. The smallest absolute Gasteiger partial charge is 0.488 e. The van der Waals surface area contributed by atoms with Crippen LogP contribution < -0.4 is 20.0 Å². The summed E-state index contributed by atoms with van der Waals surface area (Å²) in [6, 6.07) is 9.50. The number of hydrogen-bond donors (Lipinski definition) is 3. The van der Waals surface area contributed by atoms with Crippen molar-refractivity contribution in [2.24, 2.45) is 23.7 Å². The van der Waals surface area contributed by atoms with Crippen LogP contribution in [-0.4, -0.2) is 55.7 Å². The first-order valence-electron chi connectivity index (χ1n) is 16.0. The van der Waals surface area contributed by atoms with Gasteiger partial charge in [0.2, 0.25) is 17.6 Å². The molecule has 3 aliphatic heterocycles. The van der Waals surface area contributed by atoms with Crippen molar-refractivity contribution in [3.8, 4) is 11.5 Å². The van der Waals surface area contributed by atoms with Crippen molar-refractivity contribution in [1.82, 2.24) is 0 Å². The molecule has 3 aromatic carbocycles. The van der Waals surface area contributed by atoms with Crippen molar-refractivity contribution >= 4 is 70.8 Å². The van der Waals surface area contributed by atoms with Gasteiger partial charge in [-0.15, -0.1) is 23.2 Å². The van der Waals surface area contributed by atoms with Gasteiger partial charge in [0.1, 0.15) is 17.2 Å². The van der Waals surface area contributed by atoms with Gasteiger partial charge in [-0.2, -0.15) is 0 Å². The second-order valence-corrected chi connectivity index (χ2v) is 14.7. The molecule has 3 fully saturated rings. The average Bonchev–Trinajstić information content (AvgIpc) is 3.47. The van der Waals surface area contributed by atoms with Crippen LogP contribution in [0.3, 0.4) is 0 Å². The van der Waals surface area contributed by atoms with E-state index in [1.54, 1.807) is 0 Å². The van der Waals surface area contributed by atoms with Crippen molar-refractivity contribution < 1.29 is 61.0 Å². The lowest BCUT2D eigenvalue weighted by molar-refractivity contribution is -0.125. The van der Waals surface area contributed by atoms with E-state index >= 15 is 8.78 Å². The Bertz CT molecular complexity index is 2260. The van der Waals surface area contributed by atoms with Crippen LogP contribution in [0.25, 0.3) is 0 Å². The monoisotopic (exact) mass is 774 g/mol. The van der Waals surface area contributed by atoms with Crippen LogP contribution >= 0.6 is 23.2 Å². The number of carbonyl (C=O) groups excluding carboxylic acids is 4. The van der Waals surface area contributed by atoms with Crippen molar-refractivity contribution in [2.45, 2.75) is 29.0 Å². The highest BCUT2D eigenvalue weighted by Gasteiger charge is 2.77. The van der Waals surface area contributed by atoms with Crippen LogP contribution in [0.1, 0.15) is 18.4 Å². The fourth-order valence-corrected chi connectivity index (χ4v) is 9.41. The molecule has 3 N–H and O–H groups in total. The van der Waals surface area contributed by atoms with E-state index < -0.39 is 105 Å². The summed E-state index contributed by atoms with van der Waals surface area (Å²) in [5.41, 5.74) is -1.19. The lowest BCUT2D eigenvalue weighted by Crippen LogP contribution is -2.61. The summed E-state index contributed by atoms with van der Waals surface area (Å²) in [4.78, 5) is 52.2. The number of benzene rings is 3. The number of fused-ring (bicyclic) bond motifs is 5. The molecule has 3 aromatic rings. The summed E-state index contributed by atoms with van der Waals surface area (Å²) in [5.74, 6) is -22.0. The Morgan fingerprint density at radius 1 is 0.830 bits per heavy atom. The molecule has 0 radical (unpaired) electrons. The number of aromatic hydroxyl groups is 1. The molecular weight excluding hydrogens is 753 g/mol. The van der Waals surface area contributed by atoms with E-state index in [-0.39, 0.29) is 51.5 Å². The molecular formula is C35H22BCl2F5N2O8. The highest BCUT2D eigenvalue weighted by atomic mass is 35.5. The number of rotatable bonds is 4. The minimum Gasteiger partial charge on any atom is -0.508 e. The van der Waals surface area contributed by atoms with Crippen molar-refractivity contribution in [1.29, 1.82) is 0 Å². The molecule has 272 valence electrons. The first-order valence-corrected chi connectivity index (χ1v) is 16.8. The minimum atomic E-state index is -2.73. The third-order valence-electron chi connectivity index (χ3n) is 10.8. The van der Waals surface area contributed by atoms with Gasteiger partial charge in [-0.05, 0) is 60.1 Å². The summed E-state index contributed by atoms with van der Waals surface area (Å²) in [7, 11) is -1.94. The summed E-state index contributed by atoms with van der Waals surface area (Å²) in [6.07, 6.45) is 1.81. The van der Waals surface area contributed by atoms with E-state index in [2.05, 4.69) is 0 Å². The summed E-state index contributed by atoms with van der Waals surface area (Å²) in [6.45, 7) is 0. The van der Waals surface area contributed by atoms with Crippen LogP contribution in [0.15, 0.2) is 65.9 Å². The van der Waals surface area contributed by atoms with Gasteiger partial charge in [-0.25, -0.2) is 26.9 Å². The number of amides is 4. The second kappa shape index (κ2) is 11.9. The Kier molecular flexibility index (Phi) is 7.90. The number of alkyl halides is 2. The van der Waals surface area contributed by atoms with Crippen LogP contribution in [-0.2, 0) is 25.6 Å². The molecule has 10 nitrogen and oxygen atoms in total. The molecule has 53 heavy (non-hydrogen) atoms. The zero-order valence-electron chi connectivity index (χ0n) is 26.6. The fourth-order valence-electron chi connectivity index (χ4n) is 8.46. The molecule has 0 aromatic heterocycles. The number of phenolic OH excluding ortho intramolecular Hbond substituents is 1. The Hall–Kier alpha value is -4.77. The average molecular weight is 775 g/mol. The Labute approximate surface area is 305 Å². The molecule has 3 heterocycles. The van der Waals surface area contributed by atoms with Crippen LogP contribution in [0, 0.1) is 52.8 Å². The maximum absolute atomic E-state index is 15.3. The maximum Gasteiger partial charge on any atom is 0.488 e. The number of phenols is 1. The molecule has 4 amide bonds. The summed E-state index contributed by atoms with van der Waals surface area (Å²) in [5, 5.41) is 29.6. The van der Waals surface area contributed by atoms with Gasteiger partial charge in [-0.1, -0.05) is 23.8 Å². The number of allylic oxidation sites excluding steroid dienone is 3. The highest BCUT2D eigenvalue weighted by Crippen LogP contribution is 2.65. The number of carbonyl (C=O) groups is 4. The molecule has 0 bridgehead atoms. The third kappa shape index (κ3) is 4.65. The largest absolute Gasteiger partial charge is 0.508 e. The molecule has 6 atom stereocenters. The molecule has 18 heteroatoms. The molecule has 1 saturated carbocycles. The van der Waals surface area contributed by atoms with E-state index in [0.29, 0.717) is 5.56 Å². The Balaban J connectivity index is 1.30. The molecule has 2 saturated heterocycles. The van der Waals surface area contributed by atoms with E-state index in [1.807, 2.05) is 0 Å². The predicted octanol–water partition coefficient (Wildman–Crippen LogP) is 3.89. The number of hydrogen-bond acceptors (Lipinski definition) is 8. The first-order chi connectivity index (χ1) is 25.0. The van der Waals surface area contributed by atoms with E-state index in [9.17, 15) is 47.5 Å². The first kappa shape index (κ1) is 35.3. The number of nitrogens with zero attached hydrogens (tertiary/aromatic N) is 2. The zero-order chi connectivity index (χ0) is 38.0. The normalized spacial score (nSPS) is 28.9. The molecule has 2 aliphatic carbocycles. The zero-order valence-corrected chi connectivity index (χ0v) is 28.1. The van der Waals surface area contributed by atoms with Gasteiger partial charge in [0, 0.05) is 17.9 Å². The highest BCUT2D eigenvalue weighted by molar-refractivity contribution is 6.59.